The summed E-state index contributed by atoms with van der Waals surface area (Å²) < 4.78 is 0. The van der Waals surface area contributed by atoms with Crippen molar-refractivity contribution >= 4 is 46.4 Å². The number of carbonyl (C=O) groups excluding carboxylic acids is 1. The monoisotopic (exact) mass is 487 g/mol. The molecule has 0 aliphatic heterocycles. The number of terminal acetylenes is 1. The third-order valence-corrected chi connectivity index (χ3v) is 4.58. The molecule has 8 nitrogen and oxygen atoms in total. The largest absolute Gasteiger partial charge is 0.383 e. The lowest BCUT2D eigenvalue weighted by atomic mass is 10.0. The number of nitrogens with one attached hydrogen (secondary N) is 1. The maximum absolute atomic E-state index is 11.2. The van der Waals surface area contributed by atoms with E-state index in [4.69, 9.17) is 47.0 Å². The van der Waals surface area contributed by atoms with Gasteiger partial charge in [0, 0.05) is 41.4 Å². The molecule has 1 amide bonds. The van der Waals surface area contributed by atoms with Crippen LogP contribution in [0.5, 0.6) is 0 Å². The number of hydrazine groups is 1. The topological polar surface area (TPSA) is 136 Å². The Morgan fingerprint density at radius 2 is 2.09 bits per heavy atom. The molecule has 0 spiro atoms. The molecule has 0 radical (unpaired) electrons. The van der Waals surface area contributed by atoms with E-state index in [0.717, 1.165) is 16.2 Å². The molecular formula is C23H27Cl2N7O. The summed E-state index contributed by atoms with van der Waals surface area (Å²) >= 11 is 11.0. The Kier molecular flexibility index (Phi) is 12.1. The quantitative estimate of drug-likeness (QED) is 0.160. The van der Waals surface area contributed by atoms with Crippen molar-refractivity contribution in [1.29, 1.82) is 0 Å². The highest BCUT2D eigenvalue weighted by Crippen LogP contribution is 2.25. The van der Waals surface area contributed by atoms with E-state index >= 15 is 0 Å². The second-order valence-corrected chi connectivity index (χ2v) is 7.24. The Labute approximate surface area is 204 Å². The van der Waals surface area contributed by atoms with Gasteiger partial charge in [-0.15, -0.1) is 12.3 Å². The van der Waals surface area contributed by atoms with E-state index in [2.05, 4.69) is 21.3 Å². The van der Waals surface area contributed by atoms with Crippen LogP contribution in [-0.2, 0) is 4.79 Å². The molecule has 0 fully saturated rings. The summed E-state index contributed by atoms with van der Waals surface area (Å²) in [5, 5.41) is 8.52. The standard InChI is InChI=1S/C17H20ClN7O.C6H7Cl/c1-11(26)23-14-5-2-4-12(8-14)13-9-15(16(19)22-10-13)17(24-20)25(21)7-3-6-18;1-3-5-6(7)4-2/h2-6,8-10H,7,20-21H2,1H3,(H2,19,22)(H,23,26);1,4H,5H2,2H3/b6-3+,24-17-;6-4+. The van der Waals surface area contributed by atoms with Gasteiger partial charge in [-0.05, 0) is 30.7 Å². The summed E-state index contributed by atoms with van der Waals surface area (Å²) in [6, 6.07) is 9.12. The summed E-state index contributed by atoms with van der Waals surface area (Å²) in [4.78, 5) is 15.5. The summed E-state index contributed by atoms with van der Waals surface area (Å²) in [7, 11) is 0. The Balaban J connectivity index is 0.000000675. The third kappa shape index (κ3) is 9.25. The number of hydrogen-bond donors (Lipinski definition) is 4. The molecule has 0 bridgehead atoms. The lowest BCUT2D eigenvalue weighted by Crippen LogP contribution is -2.39. The number of carbonyl (C=O) groups is 1. The van der Waals surface area contributed by atoms with E-state index in [1.165, 1.54) is 17.5 Å². The van der Waals surface area contributed by atoms with Crippen LogP contribution in [0, 0.1) is 12.3 Å². The molecule has 7 N–H and O–H groups in total. The Morgan fingerprint density at radius 1 is 1.36 bits per heavy atom. The SMILES string of the molecule is C#CC/C(Cl)=C\C.CC(=O)Nc1cccc(-c2cnc(N)c(/C(=N/N)N(N)C/C=C/Cl)c2)c1. The normalized spacial score (nSPS) is 11.4. The van der Waals surface area contributed by atoms with Gasteiger partial charge in [0.25, 0.3) is 0 Å². The molecule has 0 unspecified atom stereocenters. The number of halogens is 2. The van der Waals surface area contributed by atoms with Crippen LogP contribution in [0.25, 0.3) is 11.1 Å². The molecule has 2 aromatic rings. The van der Waals surface area contributed by atoms with Crippen molar-refractivity contribution in [3.8, 4) is 23.5 Å². The number of benzene rings is 1. The highest BCUT2D eigenvalue weighted by Gasteiger charge is 2.15. The minimum Gasteiger partial charge on any atom is -0.383 e. The molecule has 1 heterocycles. The van der Waals surface area contributed by atoms with Crippen LogP contribution in [0.2, 0.25) is 0 Å². The highest BCUT2D eigenvalue weighted by atomic mass is 35.5. The second kappa shape index (κ2) is 14.5. The lowest BCUT2D eigenvalue weighted by Gasteiger charge is -2.19. The first-order chi connectivity index (χ1) is 15.8. The molecule has 1 aromatic heterocycles. The van der Waals surface area contributed by atoms with Gasteiger partial charge in [0.05, 0.1) is 12.1 Å². The number of anilines is 2. The van der Waals surface area contributed by atoms with E-state index in [9.17, 15) is 4.79 Å². The second-order valence-electron chi connectivity index (χ2n) is 6.50. The van der Waals surface area contributed by atoms with Crippen molar-refractivity contribution in [2.24, 2.45) is 16.8 Å². The lowest BCUT2D eigenvalue weighted by molar-refractivity contribution is -0.114. The average Bonchev–Trinajstić information content (AvgIpc) is 2.79. The van der Waals surface area contributed by atoms with Crippen LogP contribution < -0.4 is 22.7 Å². The van der Waals surface area contributed by atoms with E-state index in [-0.39, 0.29) is 17.6 Å². The summed E-state index contributed by atoms with van der Waals surface area (Å²) in [6.07, 6.45) is 10.5. The van der Waals surface area contributed by atoms with Gasteiger partial charge in [0.15, 0.2) is 5.84 Å². The van der Waals surface area contributed by atoms with Gasteiger partial charge in [-0.1, -0.05) is 47.5 Å². The first-order valence-corrected chi connectivity index (χ1v) is 10.5. The van der Waals surface area contributed by atoms with Crippen molar-refractivity contribution in [1.82, 2.24) is 9.99 Å². The minimum absolute atomic E-state index is 0.151. The maximum Gasteiger partial charge on any atom is 0.221 e. The van der Waals surface area contributed by atoms with Crippen LogP contribution in [0.15, 0.2) is 64.3 Å². The van der Waals surface area contributed by atoms with E-state index in [1.54, 1.807) is 30.5 Å². The van der Waals surface area contributed by atoms with Gasteiger partial charge in [-0.3, -0.25) is 9.80 Å². The minimum atomic E-state index is -0.151. The first-order valence-electron chi connectivity index (χ1n) is 9.70. The average molecular weight is 488 g/mol. The molecule has 0 aliphatic carbocycles. The highest BCUT2D eigenvalue weighted by molar-refractivity contribution is 6.29. The number of nitrogen functional groups attached to an aromatic ring is 1. The van der Waals surface area contributed by atoms with Crippen LogP contribution in [0.3, 0.4) is 0 Å². The number of aromatic nitrogens is 1. The predicted molar refractivity (Wildman–Crippen MR) is 138 cm³/mol. The number of amidine groups is 1. The fourth-order valence-electron chi connectivity index (χ4n) is 2.53. The van der Waals surface area contributed by atoms with Crippen molar-refractivity contribution in [3.05, 3.63) is 64.8 Å². The zero-order valence-corrected chi connectivity index (χ0v) is 19.9. The molecule has 1 aromatic carbocycles. The van der Waals surface area contributed by atoms with Gasteiger partial charge in [0.2, 0.25) is 5.91 Å². The number of nitrogens with two attached hydrogens (primary N) is 3. The van der Waals surface area contributed by atoms with Crippen molar-refractivity contribution < 1.29 is 4.79 Å². The molecule has 174 valence electrons. The van der Waals surface area contributed by atoms with Crippen LogP contribution in [0.4, 0.5) is 11.5 Å². The van der Waals surface area contributed by atoms with E-state index < -0.39 is 0 Å². The number of rotatable bonds is 6. The Morgan fingerprint density at radius 3 is 2.64 bits per heavy atom. The number of nitrogens with zero attached hydrogens (tertiary/aromatic N) is 3. The molecule has 10 heteroatoms. The zero-order chi connectivity index (χ0) is 24.8. The Bertz CT molecular complexity index is 1070. The van der Waals surface area contributed by atoms with Crippen molar-refractivity contribution in [2.75, 3.05) is 17.6 Å². The van der Waals surface area contributed by atoms with Crippen LogP contribution >= 0.6 is 23.2 Å². The molecule has 0 aliphatic rings. The van der Waals surface area contributed by atoms with Gasteiger partial charge in [0.1, 0.15) is 5.82 Å². The molecule has 2 rings (SSSR count). The van der Waals surface area contributed by atoms with Gasteiger partial charge >= 0.3 is 0 Å². The first kappa shape index (κ1) is 27.5. The summed E-state index contributed by atoms with van der Waals surface area (Å²) in [6.45, 7) is 3.60. The zero-order valence-electron chi connectivity index (χ0n) is 18.4. The fraction of sp³-hybridized carbons (Fsp3) is 0.174. The maximum atomic E-state index is 11.2. The number of allylic oxidation sites excluding steroid dienone is 2. The van der Waals surface area contributed by atoms with Crippen molar-refractivity contribution in [3.63, 3.8) is 0 Å². The summed E-state index contributed by atoms with van der Waals surface area (Å²) in [5.74, 6) is 14.2. The summed E-state index contributed by atoms with van der Waals surface area (Å²) in [5.41, 5.74) is 10.1. The predicted octanol–water partition coefficient (Wildman–Crippen LogP) is 3.99. The number of hydrogen-bond acceptors (Lipinski definition) is 6. The smallest absolute Gasteiger partial charge is 0.221 e. The van der Waals surface area contributed by atoms with Crippen LogP contribution in [0.1, 0.15) is 25.8 Å². The molecular weight excluding hydrogens is 461 g/mol. The molecule has 0 atom stereocenters. The number of amides is 1. The van der Waals surface area contributed by atoms with E-state index in [0.29, 0.717) is 24.2 Å². The molecule has 33 heavy (non-hydrogen) atoms. The van der Waals surface area contributed by atoms with Gasteiger partial charge in [-0.2, -0.15) is 5.10 Å². The van der Waals surface area contributed by atoms with Crippen LogP contribution in [-0.4, -0.2) is 28.3 Å². The molecule has 0 saturated carbocycles. The van der Waals surface area contributed by atoms with Crippen molar-refractivity contribution in [2.45, 2.75) is 20.3 Å². The Hall–Kier alpha value is -3.51. The fourth-order valence-corrected chi connectivity index (χ4v) is 2.69. The molecule has 0 saturated heterocycles. The number of hydrazone groups is 1. The number of pyridine rings is 1. The third-order valence-electron chi connectivity index (χ3n) is 4.05. The van der Waals surface area contributed by atoms with Gasteiger partial charge < -0.3 is 16.9 Å². The van der Waals surface area contributed by atoms with Gasteiger partial charge in [-0.25, -0.2) is 10.8 Å². The van der Waals surface area contributed by atoms with E-state index in [1.807, 2.05) is 25.1 Å².